The van der Waals surface area contributed by atoms with Crippen LogP contribution in [0.4, 0.5) is 18.9 Å². The summed E-state index contributed by atoms with van der Waals surface area (Å²) in [6, 6.07) is 20.2. The second kappa shape index (κ2) is 10.1. The lowest BCUT2D eigenvalue weighted by molar-refractivity contribution is -0.137. The number of fused-ring (bicyclic) bond motifs is 1. The van der Waals surface area contributed by atoms with Crippen molar-refractivity contribution >= 4 is 23.2 Å². The average molecular weight is 568 g/mol. The number of piperazine rings is 1. The molecule has 2 aliphatic rings. The van der Waals surface area contributed by atoms with E-state index >= 15 is 0 Å². The minimum Gasteiger partial charge on any atom is -0.454 e. The topological polar surface area (TPSA) is 46.9 Å². The predicted molar refractivity (Wildman–Crippen MR) is 147 cm³/mol. The number of hydrogen-bond acceptors (Lipinski definition) is 4. The van der Waals surface area contributed by atoms with Gasteiger partial charge in [0, 0.05) is 54.3 Å². The van der Waals surface area contributed by atoms with E-state index in [-0.39, 0.29) is 12.7 Å². The number of hydrogen-bond donors (Lipinski definition) is 0. The summed E-state index contributed by atoms with van der Waals surface area (Å²) in [7, 11) is 0. The first-order chi connectivity index (χ1) is 19.2. The summed E-state index contributed by atoms with van der Waals surface area (Å²) >= 11 is 6.14. The molecule has 0 unspecified atom stereocenters. The number of nitrogens with zero attached hydrogens (tertiary/aromatic N) is 3. The number of anilines is 1. The summed E-state index contributed by atoms with van der Waals surface area (Å²) in [5, 5.41) is 0.608. The van der Waals surface area contributed by atoms with Gasteiger partial charge in [0.15, 0.2) is 11.5 Å². The van der Waals surface area contributed by atoms with Gasteiger partial charge in [0.25, 0.3) is 5.91 Å². The standard InChI is InChI=1S/C30H25ClF3N3O3/c1-19-25(29(38)36-13-11-35(12-14-36)23-4-2-3-21(15-23)30(32,33)34)17-26(20-5-7-22(31)8-6-20)37(19)24-9-10-27-28(16-24)40-18-39-27/h2-10,15-17H,11-14,18H2,1H3. The molecule has 0 atom stereocenters. The third kappa shape index (κ3) is 4.86. The van der Waals surface area contributed by atoms with Gasteiger partial charge in [0.2, 0.25) is 6.79 Å². The molecule has 6 nitrogen and oxygen atoms in total. The van der Waals surface area contributed by atoms with Crippen LogP contribution < -0.4 is 14.4 Å². The molecule has 1 aromatic heterocycles. The first kappa shape index (κ1) is 26.1. The zero-order valence-corrected chi connectivity index (χ0v) is 22.3. The van der Waals surface area contributed by atoms with Crippen LogP contribution >= 0.6 is 11.6 Å². The van der Waals surface area contributed by atoms with E-state index < -0.39 is 11.7 Å². The van der Waals surface area contributed by atoms with Crippen LogP contribution in [-0.4, -0.2) is 48.3 Å². The SMILES string of the molecule is Cc1c(C(=O)N2CCN(c3cccc(C(F)(F)F)c3)CC2)cc(-c2ccc(Cl)cc2)n1-c1ccc2c(c1)OCO2. The summed E-state index contributed by atoms with van der Waals surface area (Å²) in [5.41, 5.74) is 3.65. The second-order valence-electron chi connectivity index (χ2n) is 9.74. The smallest absolute Gasteiger partial charge is 0.416 e. The molecule has 6 rings (SSSR count). The van der Waals surface area contributed by atoms with E-state index in [9.17, 15) is 18.0 Å². The van der Waals surface area contributed by atoms with Gasteiger partial charge in [-0.3, -0.25) is 4.79 Å². The van der Waals surface area contributed by atoms with Crippen LogP contribution in [-0.2, 0) is 6.18 Å². The molecular weight excluding hydrogens is 543 g/mol. The molecule has 3 aromatic carbocycles. The molecule has 40 heavy (non-hydrogen) atoms. The molecule has 0 aliphatic carbocycles. The number of alkyl halides is 3. The zero-order valence-electron chi connectivity index (χ0n) is 21.5. The van der Waals surface area contributed by atoms with E-state index in [0.717, 1.165) is 34.8 Å². The minimum atomic E-state index is -4.40. The maximum Gasteiger partial charge on any atom is 0.416 e. The highest BCUT2D eigenvalue weighted by Crippen LogP contribution is 2.37. The molecule has 1 fully saturated rings. The van der Waals surface area contributed by atoms with E-state index in [1.807, 2.05) is 52.8 Å². The number of halogens is 4. The maximum absolute atomic E-state index is 13.8. The molecule has 4 aromatic rings. The Morgan fingerprint density at radius 3 is 2.30 bits per heavy atom. The molecule has 2 aliphatic heterocycles. The van der Waals surface area contributed by atoms with Crippen molar-refractivity contribution in [1.82, 2.24) is 9.47 Å². The number of aromatic nitrogens is 1. The van der Waals surface area contributed by atoms with Crippen molar-refractivity contribution in [3.8, 4) is 28.4 Å². The molecule has 0 saturated carbocycles. The third-order valence-electron chi connectivity index (χ3n) is 7.34. The highest BCUT2D eigenvalue weighted by molar-refractivity contribution is 6.30. The fraction of sp³-hybridized carbons (Fsp3) is 0.233. The Bertz CT molecular complexity index is 1580. The predicted octanol–water partition coefficient (Wildman–Crippen LogP) is 6.82. The van der Waals surface area contributed by atoms with Crippen LogP contribution in [0.15, 0.2) is 72.8 Å². The van der Waals surface area contributed by atoms with Crippen molar-refractivity contribution in [3.63, 3.8) is 0 Å². The monoisotopic (exact) mass is 567 g/mol. The summed E-state index contributed by atoms with van der Waals surface area (Å²) in [6.45, 7) is 3.69. The summed E-state index contributed by atoms with van der Waals surface area (Å²) in [6.07, 6.45) is -4.40. The van der Waals surface area contributed by atoms with Gasteiger partial charge < -0.3 is 23.8 Å². The van der Waals surface area contributed by atoms with Crippen molar-refractivity contribution in [2.45, 2.75) is 13.1 Å². The molecule has 10 heteroatoms. The van der Waals surface area contributed by atoms with Crippen LogP contribution in [0.2, 0.25) is 5.02 Å². The molecule has 3 heterocycles. The van der Waals surface area contributed by atoms with Gasteiger partial charge in [0.05, 0.1) is 16.8 Å². The van der Waals surface area contributed by atoms with E-state index in [0.29, 0.717) is 54.0 Å². The van der Waals surface area contributed by atoms with Crippen LogP contribution in [0.1, 0.15) is 21.6 Å². The van der Waals surface area contributed by atoms with E-state index in [1.165, 1.54) is 6.07 Å². The van der Waals surface area contributed by atoms with Crippen LogP contribution in [0.3, 0.4) is 0 Å². The zero-order chi connectivity index (χ0) is 28.0. The lowest BCUT2D eigenvalue weighted by atomic mass is 10.1. The quantitative estimate of drug-likeness (QED) is 0.272. The van der Waals surface area contributed by atoms with Gasteiger partial charge >= 0.3 is 6.18 Å². The minimum absolute atomic E-state index is 0.129. The first-order valence-corrected chi connectivity index (χ1v) is 13.2. The Hall–Kier alpha value is -4.11. The molecule has 1 saturated heterocycles. The summed E-state index contributed by atoms with van der Waals surface area (Å²) in [5.74, 6) is 1.17. The number of amides is 1. The van der Waals surface area contributed by atoms with Crippen molar-refractivity contribution in [2.24, 2.45) is 0 Å². The van der Waals surface area contributed by atoms with Gasteiger partial charge in [-0.15, -0.1) is 0 Å². The van der Waals surface area contributed by atoms with Crippen molar-refractivity contribution in [2.75, 3.05) is 37.9 Å². The Morgan fingerprint density at radius 2 is 1.57 bits per heavy atom. The largest absolute Gasteiger partial charge is 0.454 e. The lowest BCUT2D eigenvalue weighted by Crippen LogP contribution is -2.49. The molecular formula is C30H25ClF3N3O3. The van der Waals surface area contributed by atoms with Crippen LogP contribution in [0, 0.1) is 6.92 Å². The number of carbonyl (C=O) groups excluding carboxylic acids is 1. The summed E-state index contributed by atoms with van der Waals surface area (Å²) in [4.78, 5) is 17.4. The Balaban J connectivity index is 1.29. The van der Waals surface area contributed by atoms with Crippen molar-refractivity contribution in [3.05, 3.63) is 94.6 Å². The molecule has 0 radical (unpaired) electrons. The summed E-state index contributed by atoms with van der Waals surface area (Å²) < 4.78 is 52.7. The maximum atomic E-state index is 13.8. The van der Waals surface area contributed by atoms with E-state index in [2.05, 4.69) is 0 Å². The fourth-order valence-electron chi connectivity index (χ4n) is 5.23. The van der Waals surface area contributed by atoms with Crippen LogP contribution in [0.25, 0.3) is 16.9 Å². The Labute approximate surface area is 234 Å². The van der Waals surface area contributed by atoms with Gasteiger partial charge in [-0.05, 0) is 61.0 Å². The number of carbonyl (C=O) groups is 1. The van der Waals surface area contributed by atoms with Crippen molar-refractivity contribution in [1.29, 1.82) is 0 Å². The fourth-order valence-corrected chi connectivity index (χ4v) is 5.36. The second-order valence-corrected chi connectivity index (χ2v) is 10.2. The van der Waals surface area contributed by atoms with E-state index in [4.69, 9.17) is 21.1 Å². The number of ether oxygens (including phenoxy) is 2. The number of benzene rings is 3. The Kier molecular flexibility index (Phi) is 6.62. The molecule has 1 amide bonds. The van der Waals surface area contributed by atoms with Gasteiger partial charge in [-0.1, -0.05) is 29.8 Å². The van der Waals surface area contributed by atoms with Crippen molar-refractivity contribution < 1.29 is 27.4 Å². The first-order valence-electron chi connectivity index (χ1n) is 12.8. The average Bonchev–Trinajstić information content (AvgIpc) is 3.56. The lowest BCUT2D eigenvalue weighted by Gasteiger charge is -2.36. The normalized spacial score (nSPS) is 15.0. The molecule has 0 spiro atoms. The third-order valence-corrected chi connectivity index (χ3v) is 7.59. The van der Waals surface area contributed by atoms with E-state index in [1.54, 1.807) is 23.1 Å². The molecule has 0 N–H and O–H groups in total. The molecule has 0 bridgehead atoms. The van der Waals surface area contributed by atoms with Gasteiger partial charge in [0.1, 0.15) is 0 Å². The van der Waals surface area contributed by atoms with Gasteiger partial charge in [-0.2, -0.15) is 13.2 Å². The molecule has 206 valence electrons. The highest BCUT2D eigenvalue weighted by Gasteiger charge is 2.32. The van der Waals surface area contributed by atoms with Gasteiger partial charge in [-0.25, -0.2) is 0 Å². The number of rotatable bonds is 4. The van der Waals surface area contributed by atoms with Crippen LogP contribution in [0.5, 0.6) is 11.5 Å². The highest BCUT2D eigenvalue weighted by atomic mass is 35.5. The Morgan fingerprint density at radius 1 is 0.850 bits per heavy atom.